The quantitative estimate of drug-likeness (QED) is 0.642. The maximum absolute atomic E-state index is 14.2. The molecule has 3 N–H and O–H groups in total. The molecule has 1 atom stereocenters. The van der Waals surface area contributed by atoms with Crippen LogP contribution >= 0.6 is 0 Å². The Kier molecular flexibility index (Phi) is 4.29. The number of nitrogens with two attached hydrogens (primary N) is 1. The zero-order valence-corrected chi connectivity index (χ0v) is 11.2. The second-order valence-corrected chi connectivity index (χ2v) is 4.56. The fraction of sp³-hybridized carbons (Fsp3) is 0.357. The van der Waals surface area contributed by atoms with Gasteiger partial charge in [0.25, 0.3) is 0 Å². The summed E-state index contributed by atoms with van der Waals surface area (Å²) in [7, 11) is 0. The van der Waals surface area contributed by atoms with Gasteiger partial charge in [0.1, 0.15) is 5.82 Å². The summed E-state index contributed by atoms with van der Waals surface area (Å²) in [5.74, 6) is 5.40. The van der Waals surface area contributed by atoms with Crippen molar-refractivity contribution >= 4 is 0 Å². The van der Waals surface area contributed by atoms with E-state index in [2.05, 4.69) is 17.4 Å². The minimum absolute atomic E-state index is 0.227. The minimum Gasteiger partial charge on any atom is -0.271 e. The van der Waals surface area contributed by atoms with Crippen LogP contribution in [0.3, 0.4) is 0 Å². The second kappa shape index (κ2) is 5.95. The van der Waals surface area contributed by atoms with Crippen molar-refractivity contribution in [2.45, 2.75) is 32.9 Å². The Bertz CT molecular complexity index is 550. The molecular formula is C14H19FN4. The monoisotopic (exact) mass is 262 g/mol. The molecule has 1 aromatic carbocycles. The summed E-state index contributed by atoms with van der Waals surface area (Å²) in [6.07, 6.45) is 2.67. The van der Waals surface area contributed by atoms with E-state index in [0.717, 1.165) is 18.7 Å². The molecule has 1 unspecified atom stereocenters. The highest BCUT2D eigenvalue weighted by Gasteiger charge is 2.20. The lowest BCUT2D eigenvalue weighted by molar-refractivity contribution is 0.500. The van der Waals surface area contributed by atoms with Crippen molar-refractivity contribution in [3.05, 3.63) is 53.1 Å². The molecule has 4 nitrogen and oxygen atoms in total. The molecule has 0 bridgehead atoms. The Labute approximate surface area is 112 Å². The minimum atomic E-state index is -0.394. The summed E-state index contributed by atoms with van der Waals surface area (Å²) in [5.41, 5.74) is 4.71. The van der Waals surface area contributed by atoms with Gasteiger partial charge in [0, 0.05) is 18.3 Å². The molecule has 2 aromatic rings. The number of rotatable bonds is 5. The Morgan fingerprint density at radius 3 is 2.89 bits per heavy atom. The van der Waals surface area contributed by atoms with Crippen molar-refractivity contribution in [1.29, 1.82) is 0 Å². The van der Waals surface area contributed by atoms with Crippen molar-refractivity contribution < 1.29 is 4.39 Å². The third kappa shape index (κ3) is 2.67. The lowest BCUT2D eigenvalue weighted by Gasteiger charge is -2.19. The number of halogens is 1. The molecule has 0 fully saturated rings. The Morgan fingerprint density at radius 2 is 2.21 bits per heavy atom. The average molecular weight is 262 g/mol. The van der Waals surface area contributed by atoms with E-state index < -0.39 is 6.04 Å². The van der Waals surface area contributed by atoms with Gasteiger partial charge in [-0.15, -0.1) is 0 Å². The van der Waals surface area contributed by atoms with Gasteiger partial charge in [-0.1, -0.05) is 25.1 Å². The van der Waals surface area contributed by atoms with Crippen molar-refractivity contribution in [3.63, 3.8) is 0 Å². The Hall–Kier alpha value is -1.72. The van der Waals surface area contributed by atoms with Gasteiger partial charge >= 0.3 is 0 Å². The molecule has 0 radical (unpaired) electrons. The van der Waals surface area contributed by atoms with E-state index in [1.165, 1.54) is 0 Å². The van der Waals surface area contributed by atoms with Crippen molar-refractivity contribution in [3.8, 4) is 0 Å². The first kappa shape index (κ1) is 13.7. The predicted octanol–water partition coefficient (Wildman–Crippen LogP) is 2.29. The van der Waals surface area contributed by atoms with E-state index in [0.29, 0.717) is 11.1 Å². The van der Waals surface area contributed by atoms with Crippen molar-refractivity contribution in [2.75, 3.05) is 0 Å². The van der Waals surface area contributed by atoms with Crippen molar-refractivity contribution in [1.82, 2.24) is 15.2 Å². The molecule has 2 rings (SSSR count). The maximum atomic E-state index is 14.2. The van der Waals surface area contributed by atoms with E-state index in [1.54, 1.807) is 25.3 Å². The number of benzene rings is 1. The molecule has 1 heterocycles. The average Bonchev–Trinajstić information content (AvgIpc) is 2.84. The molecule has 0 amide bonds. The molecule has 0 aliphatic carbocycles. The fourth-order valence-corrected chi connectivity index (χ4v) is 2.21. The molecule has 1 aromatic heterocycles. The molecule has 0 aliphatic rings. The van der Waals surface area contributed by atoms with Gasteiger partial charge in [0.15, 0.2) is 0 Å². The number of hydrogen-bond acceptors (Lipinski definition) is 3. The van der Waals surface area contributed by atoms with E-state index in [9.17, 15) is 4.39 Å². The Morgan fingerprint density at radius 1 is 1.42 bits per heavy atom. The van der Waals surface area contributed by atoms with E-state index in [1.807, 2.05) is 16.8 Å². The van der Waals surface area contributed by atoms with Crippen LogP contribution in [0.2, 0.25) is 0 Å². The first-order chi connectivity index (χ1) is 9.19. The van der Waals surface area contributed by atoms with Crippen LogP contribution in [0.4, 0.5) is 4.39 Å². The standard InChI is InChI=1S/C14H19FN4/c1-3-9-19-12(7-8-17-19)14(18-16)11-6-4-5-10(2)13(11)15/h4-8,14,18H,3,9,16H2,1-2H3. The molecule has 0 saturated heterocycles. The van der Waals surface area contributed by atoms with E-state index in [4.69, 9.17) is 5.84 Å². The highest BCUT2D eigenvalue weighted by Crippen LogP contribution is 2.25. The molecule has 5 heteroatoms. The smallest absolute Gasteiger partial charge is 0.131 e. The van der Waals surface area contributed by atoms with Crippen LogP contribution in [-0.4, -0.2) is 9.78 Å². The summed E-state index contributed by atoms with van der Waals surface area (Å²) >= 11 is 0. The van der Waals surface area contributed by atoms with Crippen LogP contribution in [0.15, 0.2) is 30.5 Å². The largest absolute Gasteiger partial charge is 0.271 e. The third-order valence-corrected chi connectivity index (χ3v) is 3.18. The van der Waals surface area contributed by atoms with Gasteiger partial charge in [-0.2, -0.15) is 5.10 Å². The maximum Gasteiger partial charge on any atom is 0.131 e. The number of nitrogens with one attached hydrogen (secondary N) is 1. The highest BCUT2D eigenvalue weighted by molar-refractivity contribution is 5.32. The Balaban J connectivity index is 2.44. The molecule has 0 saturated carbocycles. The van der Waals surface area contributed by atoms with E-state index in [-0.39, 0.29) is 5.82 Å². The van der Waals surface area contributed by atoms with Crippen LogP contribution in [0.5, 0.6) is 0 Å². The highest BCUT2D eigenvalue weighted by atomic mass is 19.1. The number of hydrogen-bond donors (Lipinski definition) is 2. The normalized spacial score (nSPS) is 12.6. The summed E-state index contributed by atoms with van der Waals surface area (Å²) in [4.78, 5) is 0. The SMILES string of the molecule is CCCn1nccc1C(NN)c1cccc(C)c1F. The van der Waals surface area contributed by atoms with Crippen LogP contribution < -0.4 is 11.3 Å². The van der Waals surface area contributed by atoms with Crippen LogP contribution in [0.25, 0.3) is 0 Å². The molecule has 0 spiro atoms. The number of aromatic nitrogens is 2. The van der Waals surface area contributed by atoms with Gasteiger partial charge in [0.2, 0.25) is 0 Å². The summed E-state index contributed by atoms with van der Waals surface area (Å²) in [6.45, 7) is 4.60. The zero-order chi connectivity index (χ0) is 13.8. The predicted molar refractivity (Wildman–Crippen MR) is 72.8 cm³/mol. The lowest BCUT2D eigenvalue weighted by atomic mass is 10.0. The number of nitrogens with zero attached hydrogens (tertiary/aromatic N) is 2. The van der Waals surface area contributed by atoms with Gasteiger partial charge in [-0.05, 0) is 25.0 Å². The van der Waals surface area contributed by atoms with Crippen LogP contribution in [-0.2, 0) is 6.54 Å². The number of hydrazine groups is 1. The second-order valence-electron chi connectivity index (χ2n) is 4.56. The lowest BCUT2D eigenvalue weighted by Crippen LogP contribution is -2.31. The first-order valence-corrected chi connectivity index (χ1v) is 6.41. The topological polar surface area (TPSA) is 55.9 Å². The summed E-state index contributed by atoms with van der Waals surface area (Å²) in [5, 5.41) is 4.25. The summed E-state index contributed by atoms with van der Waals surface area (Å²) in [6, 6.07) is 6.79. The van der Waals surface area contributed by atoms with E-state index >= 15 is 0 Å². The summed E-state index contributed by atoms with van der Waals surface area (Å²) < 4.78 is 16.1. The van der Waals surface area contributed by atoms with Crippen molar-refractivity contribution in [2.24, 2.45) is 5.84 Å². The molecule has 102 valence electrons. The molecule has 0 aliphatic heterocycles. The third-order valence-electron chi connectivity index (χ3n) is 3.18. The van der Waals surface area contributed by atoms with Crippen LogP contribution in [0.1, 0.15) is 36.2 Å². The molecular weight excluding hydrogens is 243 g/mol. The van der Waals surface area contributed by atoms with Gasteiger partial charge < -0.3 is 0 Å². The fourth-order valence-electron chi connectivity index (χ4n) is 2.21. The van der Waals surface area contributed by atoms with Crippen LogP contribution in [0, 0.1) is 12.7 Å². The van der Waals surface area contributed by atoms with Gasteiger partial charge in [0.05, 0.1) is 11.7 Å². The number of aryl methyl sites for hydroxylation is 2. The first-order valence-electron chi connectivity index (χ1n) is 6.41. The van der Waals surface area contributed by atoms with Gasteiger partial charge in [-0.25, -0.2) is 9.82 Å². The zero-order valence-electron chi connectivity index (χ0n) is 11.2. The molecule has 19 heavy (non-hydrogen) atoms. The van der Waals surface area contributed by atoms with Gasteiger partial charge in [-0.3, -0.25) is 10.5 Å².